The molecule has 8 heteroatoms. The van der Waals surface area contributed by atoms with Gasteiger partial charge in [0.15, 0.2) is 24.7 Å². The number of rotatable bonds is 10. The molecule has 0 unspecified atom stereocenters. The molecule has 0 bridgehead atoms. The lowest BCUT2D eigenvalue weighted by Gasteiger charge is -2.13. The van der Waals surface area contributed by atoms with Gasteiger partial charge in [0.2, 0.25) is 0 Å². The summed E-state index contributed by atoms with van der Waals surface area (Å²) in [6.07, 6.45) is 0. The molecule has 0 atom stereocenters. The monoisotopic (exact) mass is 414 g/mol. The van der Waals surface area contributed by atoms with Crippen molar-refractivity contribution in [2.75, 3.05) is 32.2 Å². The molecule has 2 amide bonds. The van der Waals surface area contributed by atoms with Crippen molar-refractivity contribution in [2.45, 2.75) is 13.8 Å². The number of benzene rings is 2. The number of carbonyl (C=O) groups excluding carboxylic acids is 3. The van der Waals surface area contributed by atoms with Crippen LogP contribution in [-0.2, 0) is 14.3 Å². The number of ether oxygens (including phenoxy) is 3. The molecule has 0 aliphatic rings. The molecule has 0 spiro atoms. The third kappa shape index (κ3) is 7.12. The second-order valence-corrected chi connectivity index (χ2v) is 6.80. The van der Waals surface area contributed by atoms with Crippen molar-refractivity contribution >= 4 is 23.5 Å². The van der Waals surface area contributed by atoms with E-state index < -0.39 is 18.5 Å². The normalized spacial score (nSPS) is 10.3. The van der Waals surface area contributed by atoms with Gasteiger partial charge in [-0.05, 0) is 30.2 Å². The Bertz CT molecular complexity index is 881. The maximum atomic E-state index is 12.3. The van der Waals surface area contributed by atoms with Crippen LogP contribution < -0.4 is 20.1 Å². The highest BCUT2D eigenvalue weighted by molar-refractivity contribution is 6.04. The van der Waals surface area contributed by atoms with Crippen LogP contribution in [0.1, 0.15) is 24.2 Å². The third-order valence-electron chi connectivity index (χ3n) is 3.90. The minimum atomic E-state index is -0.709. The minimum absolute atomic E-state index is 0.290. The lowest BCUT2D eigenvalue weighted by molar-refractivity contribution is -0.149. The van der Waals surface area contributed by atoms with Gasteiger partial charge < -0.3 is 24.8 Å². The SMILES string of the molecule is COc1ccccc1OCC(=O)OCC(=O)Nc1ccccc1C(=O)NCC(C)C. The van der Waals surface area contributed by atoms with Crippen LogP contribution in [0.4, 0.5) is 5.69 Å². The fraction of sp³-hybridized carbons (Fsp3) is 0.318. The Hall–Kier alpha value is -3.55. The van der Waals surface area contributed by atoms with Crippen LogP contribution in [0.5, 0.6) is 11.5 Å². The lowest BCUT2D eigenvalue weighted by atomic mass is 10.1. The Morgan fingerprint density at radius 2 is 1.60 bits per heavy atom. The van der Waals surface area contributed by atoms with E-state index in [0.717, 1.165) is 0 Å². The number of hydrogen-bond acceptors (Lipinski definition) is 6. The van der Waals surface area contributed by atoms with Crippen molar-refractivity contribution in [3.63, 3.8) is 0 Å². The van der Waals surface area contributed by atoms with E-state index in [1.54, 1.807) is 48.5 Å². The predicted molar refractivity (Wildman–Crippen MR) is 112 cm³/mol. The van der Waals surface area contributed by atoms with Crippen molar-refractivity contribution in [2.24, 2.45) is 5.92 Å². The molecule has 160 valence electrons. The Balaban J connectivity index is 1.84. The second kappa shape index (κ2) is 11.5. The van der Waals surface area contributed by atoms with Crippen LogP contribution in [0.2, 0.25) is 0 Å². The van der Waals surface area contributed by atoms with E-state index in [-0.39, 0.29) is 12.5 Å². The van der Waals surface area contributed by atoms with E-state index in [0.29, 0.717) is 35.2 Å². The highest BCUT2D eigenvalue weighted by atomic mass is 16.6. The van der Waals surface area contributed by atoms with Gasteiger partial charge in [0.05, 0.1) is 18.4 Å². The van der Waals surface area contributed by atoms with Crippen LogP contribution in [0.15, 0.2) is 48.5 Å². The van der Waals surface area contributed by atoms with Gasteiger partial charge in [0.1, 0.15) is 0 Å². The zero-order chi connectivity index (χ0) is 21.9. The third-order valence-corrected chi connectivity index (χ3v) is 3.90. The molecule has 0 aromatic heterocycles. The van der Waals surface area contributed by atoms with Crippen molar-refractivity contribution < 1.29 is 28.6 Å². The second-order valence-electron chi connectivity index (χ2n) is 6.80. The largest absolute Gasteiger partial charge is 0.493 e. The quantitative estimate of drug-likeness (QED) is 0.580. The van der Waals surface area contributed by atoms with Crippen molar-refractivity contribution in [3.05, 3.63) is 54.1 Å². The Morgan fingerprint density at radius 3 is 2.30 bits per heavy atom. The number of nitrogens with one attached hydrogen (secondary N) is 2. The summed E-state index contributed by atoms with van der Waals surface area (Å²) in [7, 11) is 1.49. The fourth-order valence-electron chi connectivity index (χ4n) is 2.43. The van der Waals surface area contributed by atoms with Gasteiger partial charge in [0.25, 0.3) is 11.8 Å². The molecule has 2 aromatic carbocycles. The number of amides is 2. The molecule has 2 rings (SSSR count). The molecule has 0 aliphatic carbocycles. The minimum Gasteiger partial charge on any atom is -0.493 e. The summed E-state index contributed by atoms with van der Waals surface area (Å²) in [5, 5.41) is 5.39. The number of methoxy groups -OCH3 is 1. The van der Waals surface area contributed by atoms with Crippen LogP contribution in [0.25, 0.3) is 0 Å². The zero-order valence-electron chi connectivity index (χ0n) is 17.3. The lowest BCUT2D eigenvalue weighted by Crippen LogP contribution is -2.29. The molecule has 0 saturated carbocycles. The first-order valence-electron chi connectivity index (χ1n) is 9.49. The molecule has 0 heterocycles. The van der Waals surface area contributed by atoms with Crippen molar-refractivity contribution in [3.8, 4) is 11.5 Å². The van der Waals surface area contributed by atoms with Crippen LogP contribution in [0.3, 0.4) is 0 Å². The molecule has 0 radical (unpaired) electrons. The van der Waals surface area contributed by atoms with Crippen LogP contribution in [0, 0.1) is 5.92 Å². The number of para-hydroxylation sites is 3. The van der Waals surface area contributed by atoms with Gasteiger partial charge in [-0.2, -0.15) is 0 Å². The molecular weight excluding hydrogens is 388 g/mol. The van der Waals surface area contributed by atoms with E-state index in [2.05, 4.69) is 10.6 Å². The van der Waals surface area contributed by atoms with Gasteiger partial charge >= 0.3 is 5.97 Å². The molecule has 0 fully saturated rings. The smallest absolute Gasteiger partial charge is 0.344 e. The standard InChI is InChI=1S/C22H26N2O6/c1-15(2)12-23-22(27)16-8-4-5-9-17(16)24-20(25)13-30-21(26)14-29-19-11-7-6-10-18(19)28-3/h4-11,15H,12-14H2,1-3H3,(H,23,27)(H,24,25). The molecule has 30 heavy (non-hydrogen) atoms. The predicted octanol–water partition coefficient (Wildman–Crippen LogP) is 2.64. The maximum absolute atomic E-state index is 12.3. The van der Waals surface area contributed by atoms with Crippen molar-refractivity contribution in [1.29, 1.82) is 0 Å². The summed E-state index contributed by atoms with van der Waals surface area (Å²) in [5.41, 5.74) is 0.669. The van der Waals surface area contributed by atoms with E-state index in [9.17, 15) is 14.4 Å². The van der Waals surface area contributed by atoms with E-state index >= 15 is 0 Å². The average Bonchev–Trinajstić information content (AvgIpc) is 2.75. The molecule has 0 aliphatic heterocycles. The molecule has 2 N–H and O–H groups in total. The first-order valence-corrected chi connectivity index (χ1v) is 9.49. The Kier molecular flexibility index (Phi) is 8.68. The number of carbonyl (C=O) groups is 3. The topological polar surface area (TPSA) is 103 Å². The highest BCUT2D eigenvalue weighted by Crippen LogP contribution is 2.25. The summed E-state index contributed by atoms with van der Waals surface area (Å²) < 4.78 is 15.4. The fourth-order valence-corrected chi connectivity index (χ4v) is 2.43. The van der Waals surface area contributed by atoms with E-state index in [1.807, 2.05) is 13.8 Å². The number of esters is 1. The Morgan fingerprint density at radius 1 is 0.933 bits per heavy atom. The summed E-state index contributed by atoms with van der Waals surface area (Å²) >= 11 is 0. The van der Waals surface area contributed by atoms with Gasteiger partial charge in [-0.1, -0.05) is 38.1 Å². The van der Waals surface area contributed by atoms with Gasteiger partial charge in [-0.15, -0.1) is 0 Å². The van der Waals surface area contributed by atoms with Gasteiger partial charge in [-0.3, -0.25) is 9.59 Å². The van der Waals surface area contributed by atoms with Crippen molar-refractivity contribution in [1.82, 2.24) is 5.32 Å². The molecule has 0 saturated heterocycles. The summed E-state index contributed by atoms with van der Waals surface area (Å²) in [5.74, 6) is -0.392. The first-order chi connectivity index (χ1) is 14.4. The average molecular weight is 414 g/mol. The maximum Gasteiger partial charge on any atom is 0.344 e. The summed E-state index contributed by atoms with van der Waals surface area (Å²) in [6.45, 7) is 3.61. The highest BCUT2D eigenvalue weighted by Gasteiger charge is 2.15. The Labute approximate surface area is 175 Å². The molecular formula is C22H26N2O6. The van der Waals surface area contributed by atoms with E-state index in [4.69, 9.17) is 14.2 Å². The summed E-state index contributed by atoms with van der Waals surface area (Å²) in [4.78, 5) is 36.3. The summed E-state index contributed by atoms with van der Waals surface area (Å²) in [6, 6.07) is 13.5. The van der Waals surface area contributed by atoms with E-state index in [1.165, 1.54) is 7.11 Å². The van der Waals surface area contributed by atoms with Crippen LogP contribution in [-0.4, -0.2) is 44.7 Å². The number of anilines is 1. The molecule has 8 nitrogen and oxygen atoms in total. The van der Waals surface area contributed by atoms with Gasteiger partial charge in [0, 0.05) is 6.54 Å². The van der Waals surface area contributed by atoms with Gasteiger partial charge in [-0.25, -0.2) is 4.79 Å². The zero-order valence-corrected chi connectivity index (χ0v) is 17.3. The molecule has 2 aromatic rings. The number of hydrogen-bond donors (Lipinski definition) is 2. The first kappa shape index (κ1) is 22.7. The van der Waals surface area contributed by atoms with Crippen LogP contribution >= 0.6 is 0 Å².